The van der Waals surface area contributed by atoms with Crippen LogP contribution in [0.1, 0.15) is 30.9 Å². The minimum atomic E-state index is 0.498. The van der Waals surface area contributed by atoms with Crippen LogP contribution in [0.4, 0.5) is 0 Å². The van der Waals surface area contributed by atoms with Gasteiger partial charge in [0.05, 0.1) is 6.61 Å². The van der Waals surface area contributed by atoms with Gasteiger partial charge in [-0.15, -0.1) is 0 Å². The topological polar surface area (TPSA) is 9.23 Å². The van der Waals surface area contributed by atoms with Crippen molar-refractivity contribution in [3.63, 3.8) is 0 Å². The third kappa shape index (κ3) is 1.35. The van der Waals surface area contributed by atoms with E-state index < -0.39 is 0 Å². The summed E-state index contributed by atoms with van der Waals surface area (Å²) < 4.78 is 5.56. The summed E-state index contributed by atoms with van der Waals surface area (Å²) in [7, 11) is 0. The van der Waals surface area contributed by atoms with Crippen LogP contribution in [-0.2, 0) is 4.74 Å². The number of fused-ring (bicyclic) bond motifs is 1. The van der Waals surface area contributed by atoms with E-state index in [1.165, 1.54) is 11.1 Å². The van der Waals surface area contributed by atoms with Crippen LogP contribution in [0.5, 0.6) is 0 Å². The van der Waals surface area contributed by atoms with Crippen LogP contribution in [0, 0.1) is 0 Å². The lowest BCUT2D eigenvalue weighted by molar-refractivity contribution is 0.298. The molecule has 2 rings (SSSR count). The summed E-state index contributed by atoms with van der Waals surface area (Å²) in [5, 5.41) is 0. The molecule has 0 radical (unpaired) electrons. The molecule has 0 spiro atoms. The van der Waals surface area contributed by atoms with Crippen molar-refractivity contribution in [2.75, 3.05) is 6.61 Å². The standard InChI is InChI=1S/C12H14O/c1-3-13-12-8-9(2)10-6-4-5-7-11(10)12/h4-9H,3H2,1-2H3/t9-/m0/s1. The summed E-state index contributed by atoms with van der Waals surface area (Å²) in [6.07, 6.45) is 2.19. The molecule has 1 aromatic rings. The van der Waals surface area contributed by atoms with Crippen molar-refractivity contribution in [2.45, 2.75) is 19.8 Å². The second-order valence-electron chi connectivity index (χ2n) is 3.34. The van der Waals surface area contributed by atoms with Gasteiger partial charge in [0.25, 0.3) is 0 Å². The lowest BCUT2D eigenvalue weighted by Crippen LogP contribution is -1.89. The molecule has 0 saturated carbocycles. The van der Waals surface area contributed by atoms with Gasteiger partial charge >= 0.3 is 0 Å². The Balaban J connectivity index is 2.39. The molecule has 1 aliphatic carbocycles. The van der Waals surface area contributed by atoms with Gasteiger partial charge in [-0.3, -0.25) is 0 Å². The van der Waals surface area contributed by atoms with Crippen LogP contribution >= 0.6 is 0 Å². The molecule has 1 aromatic carbocycles. The molecule has 1 atom stereocenters. The minimum Gasteiger partial charge on any atom is -0.494 e. The first-order valence-corrected chi connectivity index (χ1v) is 4.77. The average molecular weight is 174 g/mol. The zero-order valence-corrected chi connectivity index (χ0v) is 8.08. The minimum absolute atomic E-state index is 0.498. The van der Waals surface area contributed by atoms with Gasteiger partial charge < -0.3 is 4.74 Å². The molecule has 0 amide bonds. The van der Waals surface area contributed by atoms with E-state index in [2.05, 4.69) is 37.3 Å². The summed E-state index contributed by atoms with van der Waals surface area (Å²) in [6.45, 7) is 4.96. The molecule has 0 bridgehead atoms. The van der Waals surface area contributed by atoms with E-state index in [1.54, 1.807) is 0 Å². The number of allylic oxidation sites excluding steroid dienone is 1. The Morgan fingerprint density at radius 3 is 2.85 bits per heavy atom. The van der Waals surface area contributed by atoms with Crippen molar-refractivity contribution in [3.05, 3.63) is 41.5 Å². The van der Waals surface area contributed by atoms with E-state index in [0.29, 0.717) is 5.92 Å². The van der Waals surface area contributed by atoms with Gasteiger partial charge in [0.1, 0.15) is 5.76 Å². The molecule has 0 aromatic heterocycles. The summed E-state index contributed by atoms with van der Waals surface area (Å²) in [5.74, 6) is 1.54. The molecule has 0 N–H and O–H groups in total. The second kappa shape index (κ2) is 3.25. The van der Waals surface area contributed by atoms with E-state index in [0.717, 1.165) is 12.4 Å². The lowest BCUT2D eigenvalue weighted by atomic mass is 10.0. The maximum Gasteiger partial charge on any atom is 0.123 e. The highest BCUT2D eigenvalue weighted by atomic mass is 16.5. The zero-order valence-electron chi connectivity index (χ0n) is 8.08. The van der Waals surface area contributed by atoms with E-state index in [1.807, 2.05) is 6.92 Å². The smallest absolute Gasteiger partial charge is 0.123 e. The Morgan fingerprint density at radius 1 is 1.31 bits per heavy atom. The predicted octanol–water partition coefficient (Wildman–Crippen LogP) is 3.18. The summed E-state index contributed by atoms with van der Waals surface area (Å²) in [4.78, 5) is 0. The zero-order chi connectivity index (χ0) is 9.26. The van der Waals surface area contributed by atoms with Crippen LogP contribution in [0.25, 0.3) is 5.76 Å². The van der Waals surface area contributed by atoms with Crippen LogP contribution in [0.15, 0.2) is 30.3 Å². The molecule has 1 nitrogen and oxygen atoms in total. The fraction of sp³-hybridized carbons (Fsp3) is 0.333. The van der Waals surface area contributed by atoms with Crippen molar-refractivity contribution in [1.82, 2.24) is 0 Å². The molecule has 68 valence electrons. The third-order valence-electron chi connectivity index (χ3n) is 2.42. The number of benzene rings is 1. The van der Waals surface area contributed by atoms with E-state index in [9.17, 15) is 0 Å². The van der Waals surface area contributed by atoms with Gasteiger partial charge in [-0.2, -0.15) is 0 Å². The highest BCUT2D eigenvalue weighted by molar-refractivity contribution is 5.70. The quantitative estimate of drug-likeness (QED) is 0.669. The van der Waals surface area contributed by atoms with Crippen LogP contribution in [-0.4, -0.2) is 6.61 Å². The van der Waals surface area contributed by atoms with Crippen LogP contribution in [0.2, 0.25) is 0 Å². The Hall–Kier alpha value is -1.24. The number of hydrogen-bond donors (Lipinski definition) is 0. The molecule has 13 heavy (non-hydrogen) atoms. The van der Waals surface area contributed by atoms with E-state index >= 15 is 0 Å². The summed E-state index contributed by atoms with van der Waals surface area (Å²) in [6, 6.07) is 8.44. The fourth-order valence-corrected chi connectivity index (χ4v) is 1.81. The van der Waals surface area contributed by atoms with Crippen molar-refractivity contribution in [2.24, 2.45) is 0 Å². The SMILES string of the molecule is CCOC1=C[C@H](C)c2ccccc21. The van der Waals surface area contributed by atoms with E-state index in [4.69, 9.17) is 4.74 Å². The van der Waals surface area contributed by atoms with Gasteiger partial charge in [0, 0.05) is 11.5 Å². The first-order chi connectivity index (χ1) is 6.33. The molecule has 0 saturated heterocycles. The van der Waals surface area contributed by atoms with Crippen molar-refractivity contribution < 1.29 is 4.74 Å². The average Bonchev–Trinajstić information content (AvgIpc) is 2.46. The largest absolute Gasteiger partial charge is 0.494 e. The lowest BCUT2D eigenvalue weighted by Gasteiger charge is -2.05. The second-order valence-corrected chi connectivity index (χ2v) is 3.34. The molecule has 0 heterocycles. The molecule has 1 aliphatic rings. The Kier molecular flexibility index (Phi) is 2.09. The van der Waals surface area contributed by atoms with Gasteiger partial charge in [-0.1, -0.05) is 31.2 Å². The molecule has 0 aliphatic heterocycles. The number of rotatable bonds is 2. The van der Waals surface area contributed by atoms with Crippen molar-refractivity contribution in [3.8, 4) is 0 Å². The Bertz CT molecular complexity index is 339. The Morgan fingerprint density at radius 2 is 2.08 bits per heavy atom. The van der Waals surface area contributed by atoms with Gasteiger partial charge in [0.2, 0.25) is 0 Å². The molecule has 0 fully saturated rings. The highest BCUT2D eigenvalue weighted by Crippen LogP contribution is 2.35. The van der Waals surface area contributed by atoms with Crippen molar-refractivity contribution >= 4 is 5.76 Å². The Labute approximate surface area is 79.0 Å². The number of ether oxygens (including phenoxy) is 1. The fourth-order valence-electron chi connectivity index (χ4n) is 1.81. The maximum atomic E-state index is 5.56. The van der Waals surface area contributed by atoms with E-state index in [-0.39, 0.29) is 0 Å². The number of hydrogen-bond acceptors (Lipinski definition) is 1. The maximum absolute atomic E-state index is 5.56. The van der Waals surface area contributed by atoms with Gasteiger partial charge in [0.15, 0.2) is 0 Å². The van der Waals surface area contributed by atoms with Crippen LogP contribution in [0.3, 0.4) is 0 Å². The van der Waals surface area contributed by atoms with Gasteiger partial charge in [-0.25, -0.2) is 0 Å². The third-order valence-corrected chi connectivity index (χ3v) is 2.42. The summed E-state index contributed by atoms with van der Waals surface area (Å²) >= 11 is 0. The monoisotopic (exact) mass is 174 g/mol. The molecule has 1 heteroatoms. The van der Waals surface area contributed by atoms with Crippen molar-refractivity contribution in [1.29, 1.82) is 0 Å². The molecule has 0 unspecified atom stereocenters. The molecular weight excluding hydrogens is 160 g/mol. The van der Waals surface area contributed by atoms with Crippen LogP contribution < -0.4 is 0 Å². The normalized spacial score (nSPS) is 19.5. The first kappa shape index (κ1) is 8.36. The highest BCUT2D eigenvalue weighted by Gasteiger charge is 2.19. The van der Waals surface area contributed by atoms with Gasteiger partial charge in [-0.05, 0) is 18.6 Å². The molecular formula is C12H14O. The first-order valence-electron chi connectivity index (χ1n) is 4.77. The summed E-state index contributed by atoms with van der Waals surface area (Å²) in [5.41, 5.74) is 2.64. The predicted molar refractivity (Wildman–Crippen MR) is 54.5 cm³/mol.